The van der Waals surface area contributed by atoms with Crippen LogP contribution >= 0.6 is 11.8 Å². The molecule has 0 aromatic carbocycles. The summed E-state index contributed by atoms with van der Waals surface area (Å²) in [5.41, 5.74) is 0.500. The van der Waals surface area contributed by atoms with E-state index in [0.29, 0.717) is 23.6 Å². The van der Waals surface area contributed by atoms with Crippen molar-refractivity contribution in [1.29, 1.82) is 0 Å². The molecule has 116 valence electrons. The van der Waals surface area contributed by atoms with E-state index in [2.05, 4.69) is 10.5 Å². The van der Waals surface area contributed by atoms with E-state index in [1.807, 2.05) is 6.26 Å². The Bertz CT molecular complexity index is 667. The fourth-order valence-corrected chi connectivity index (χ4v) is 2.71. The lowest BCUT2D eigenvalue weighted by atomic mass is 10.2. The Morgan fingerprint density at radius 1 is 1.41 bits per heavy atom. The summed E-state index contributed by atoms with van der Waals surface area (Å²) in [4.78, 5) is 25.3. The van der Waals surface area contributed by atoms with E-state index in [1.165, 1.54) is 6.26 Å². The van der Waals surface area contributed by atoms with Crippen LogP contribution in [0.2, 0.25) is 0 Å². The topological polar surface area (TPSA) is 88.6 Å². The third kappa shape index (κ3) is 2.87. The number of imide groups is 1. The monoisotopic (exact) mass is 321 g/mol. The number of carbonyl (C=O) groups is 2. The SMILES string of the molecule is CSCCC1NC(=O)N(Cc2cc(-c3ccco3)on2)C1=O. The van der Waals surface area contributed by atoms with Gasteiger partial charge in [0.15, 0.2) is 5.76 Å². The van der Waals surface area contributed by atoms with Gasteiger partial charge < -0.3 is 14.3 Å². The van der Waals surface area contributed by atoms with Gasteiger partial charge in [-0.3, -0.25) is 9.69 Å². The van der Waals surface area contributed by atoms with Gasteiger partial charge in [0.25, 0.3) is 5.91 Å². The van der Waals surface area contributed by atoms with Gasteiger partial charge in [-0.15, -0.1) is 0 Å². The van der Waals surface area contributed by atoms with Gasteiger partial charge in [0.05, 0.1) is 12.8 Å². The van der Waals surface area contributed by atoms with Crippen molar-refractivity contribution in [3.05, 3.63) is 30.2 Å². The van der Waals surface area contributed by atoms with Gasteiger partial charge in [-0.1, -0.05) is 5.16 Å². The summed E-state index contributed by atoms with van der Waals surface area (Å²) in [7, 11) is 0. The second-order valence-corrected chi connectivity index (χ2v) is 5.85. The predicted octanol–water partition coefficient (Wildman–Crippen LogP) is 2.11. The van der Waals surface area contributed by atoms with Crippen LogP contribution in [0.5, 0.6) is 0 Å². The molecule has 0 bridgehead atoms. The number of urea groups is 1. The first-order chi connectivity index (χ1) is 10.7. The Kier molecular flexibility index (Phi) is 4.19. The maximum Gasteiger partial charge on any atom is 0.325 e. The zero-order valence-corrected chi connectivity index (χ0v) is 12.8. The second kappa shape index (κ2) is 6.27. The summed E-state index contributed by atoms with van der Waals surface area (Å²) in [6.45, 7) is 0.0879. The van der Waals surface area contributed by atoms with Gasteiger partial charge in [-0.25, -0.2) is 4.79 Å². The molecule has 1 fully saturated rings. The fraction of sp³-hybridized carbons (Fsp3) is 0.357. The van der Waals surface area contributed by atoms with Crippen molar-refractivity contribution in [2.45, 2.75) is 19.0 Å². The number of rotatable bonds is 6. The summed E-state index contributed by atoms with van der Waals surface area (Å²) in [6, 6.07) is 4.31. The Labute approximate surface area is 131 Å². The molecule has 8 heteroatoms. The molecule has 2 aromatic heterocycles. The van der Waals surface area contributed by atoms with E-state index in [-0.39, 0.29) is 12.5 Å². The molecule has 0 aliphatic carbocycles. The molecule has 0 radical (unpaired) electrons. The first-order valence-corrected chi connectivity index (χ1v) is 8.18. The molecule has 1 saturated heterocycles. The molecule has 22 heavy (non-hydrogen) atoms. The molecular formula is C14H15N3O4S. The molecule has 3 rings (SSSR count). The minimum Gasteiger partial charge on any atom is -0.461 e. The van der Waals surface area contributed by atoms with Crippen LogP contribution in [0.25, 0.3) is 11.5 Å². The number of aromatic nitrogens is 1. The maximum atomic E-state index is 12.2. The van der Waals surface area contributed by atoms with E-state index < -0.39 is 12.1 Å². The minimum atomic E-state index is -0.448. The summed E-state index contributed by atoms with van der Waals surface area (Å²) < 4.78 is 10.4. The number of nitrogens with one attached hydrogen (secondary N) is 1. The summed E-state index contributed by atoms with van der Waals surface area (Å²) >= 11 is 1.64. The lowest BCUT2D eigenvalue weighted by Gasteiger charge is -2.10. The van der Waals surface area contributed by atoms with Gasteiger partial charge in [-0.2, -0.15) is 11.8 Å². The van der Waals surface area contributed by atoms with Crippen molar-refractivity contribution >= 4 is 23.7 Å². The highest BCUT2D eigenvalue weighted by Crippen LogP contribution is 2.22. The summed E-state index contributed by atoms with van der Waals surface area (Å²) in [6.07, 6.45) is 4.12. The van der Waals surface area contributed by atoms with E-state index >= 15 is 0 Å². The van der Waals surface area contributed by atoms with Crippen molar-refractivity contribution in [3.63, 3.8) is 0 Å². The number of carbonyl (C=O) groups excluding carboxylic acids is 2. The molecule has 1 unspecified atom stereocenters. The third-order valence-electron chi connectivity index (χ3n) is 3.36. The van der Waals surface area contributed by atoms with Crippen molar-refractivity contribution in [2.24, 2.45) is 0 Å². The maximum absolute atomic E-state index is 12.2. The normalized spacial score (nSPS) is 18.0. The number of hydrogen-bond donors (Lipinski definition) is 1. The van der Waals surface area contributed by atoms with Crippen LogP contribution in [-0.2, 0) is 11.3 Å². The standard InChI is InChI=1S/C14H15N3O4S/c1-22-6-4-10-13(18)17(14(19)15-10)8-9-7-12(21-16-9)11-3-2-5-20-11/h2-3,5,7,10H,4,6,8H2,1H3,(H,15,19). The summed E-state index contributed by atoms with van der Waals surface area (Å²) in [5, 5.41) is 6.57. The van der Waals surface area contributed by atoms with Crippen molar-refractivity contribution in [3.8, 4) is 11.5 Å². The number of nitrogens with zero attached hydrogens (tertiary/aromatic N) is 2. The smallest absolute Gasteiger partial charge is 0.325 e. The van der Waals surface area contributed by atoms with E-state index in [1.54, 1.807) is 30.0 Å². The lowest BCUT2D eigenvalue weighted by molar-refractivity contribution is -0.127. The van der Waals surface area contributed by atoms with Crippen molar-refractivity contribution in [2.75, 3.05) is 12.0 Å². The number of amides is 3. The molecule has 2 aromatic rings. The number of furan rings is 1. The highest BCUT2D eigenvalue weighted by Gasteiger charge is 2.37. The average Bonchev–Trinajstić information content (AvgIpc) is 3.22. The Morgan fingerprint density at radius 2 is 2.27 bits per heavy atom. The molecule has 1 atom stereocenters. The first-order valence-electron chi connectivity index (χ1n) is 6.79. The van der Waals surface area contributed by atoms with Crippen LogP contribution in [0.1, 0.15) is 12.1 Å². The van der Waals surface area contributed by atoms with E-state index in [4.69, 9.17) is 8.94 Å². The van der Waals surface area contributed by atoms with Gasteiger partial charge >= 0.3 is 6.03 Å². The van der Waals surface area contributed by atoms with Crippen LogP contribution < -0.4 is 5.32 Å². The molecule has 3 heterocycles. The molecule has 0 spiro atoms. The van der Waals surface area contributed by atoms with E-state index in [0.717, 1.165) is 10.7 Å². The molecule has 1 aliphatic heterocycles. The first kappa shape index (κ1) is 14.7. The Balaban J connectivity index is 1.68. The van der Waals surface area contributed by atoms with Crippen LogP contribution in [0, 0.1) is 0 Å². The van der Waals surface area contributed by atoms with Crippen molar-refractivity contribution < 1.29 is 18.5 Å². The second-order valence-electron chi connectivity index (χ2n) is 4.87. The largest absolute Gasteiger partial charge is 0.461 e. The van der Waals surface area contributed by atoms with Gasteiger partial charge in [0, 0.05) is 6.07 Å². The predicted molar refractivity (Wildman–Crippen MR) is 80.1 cm³/mol. The Morgan fingerprint density at radius 3 is 3.00 bits per heavy atom. The molecule has 1 N–H and O–H groups in total. The molecular weight excluding hydrogens is 306 g/mol. The molecule has 1 aliphatic rings. The minimum absolute atomic E-state index is 0.0879. The molecule has 7 nitrogen and oxygen atoms in total. The Hall–Kier alpha value is -2.22. The van der Waals surface area contributed by atoms with Crippen molar-refractivity contribution in [1.82, 2.24) is 15.4 Å². The van der Waals surface area contributed by atoms with Gasteiger partial charge in [-0.05, 0) is 30.6 Å². The average molecular weight is 321 g/mol. The highest BCUT2D eigenvalue weighted by molar-refractivity contribution is 7.98. The quantitative estimate of drug-likeness (QED) is 0.820. The lowest BCUT2D eigenvalue weighted by Crippen LogP contribution is -2.31. The summed E-state index contributed by atoms with van der Waals surface area (Å²) in [5.74, 6) is 1.61. The van der Waals surface area contributed by atoms with Crippen LogP contribution in [0.15, 0.2) is 33.4 Å². The molecule has 0 saturated carbocycles. The van der Waals surface area contributed by atoms with Crippen LogP contribution in [0.3, 0.4) is 0 Å². The van der Waals surface area contributed by atoms with Gasteiger partial charge in [0.2, 0.25) is 5.76 Å². The van der Waals surface area contributed by atoms with Crippen LogP contribution in [0.4, 0.5) is 4.79 Å². The van der Waals surface area contributed by atoms with E-state index in [9.17, 15) is 9.59 Å². The van der Waals surface area contributed by atoms with Crippen LogP contribution in [-0.4, -0.2) is 40.0 Å². The zero-order valence-electron chi connectivity index (χ0n) is 11.9. The fourth-order valence-electron chi connectivity index (χ4n) is 2.24. The number of hydrogen-bond acceptors (Lipinski definition) is 6. The molecule has 3 amide bonds. The zero-order chi connectivity index (χ0) is 15.5. The highest BCUT2D eigenvalue weighted by atomic mass is 32.2. The number of thioether (sulfide) groups is 1. The van der Waals surface area contributed by atoms with Gasteiger partial charge in [0.1, 0.15) is 11.7 Å². The third-order valence-corrected chi connectivity index (χ3v) is 4.00.